The summed E-state index contributed by atoms with van der Waals surface area (Å²) in [6, 6.07) is 72.9. The maximum atomic E-state index is 5.25. The van der Waals surface area contributed by atoms with E-state index in [1.807, 2.05) is 24.3 Å². The molecule has 2 heterocycles. The maximum absolute atomic E-state index is 5.25. The molecule has 0 aliphatic heterocycles. The summed E-state index contributed by atoms with van der Waals surface area (Å²) in [6.07, 6.45) is 0. The molecular formula is C53H34N4. The van der Waals surface area contributed by atoms with Crippen LogP contribution < -0.4 is 0 Å². The summed E-state index contributed by atoms with van der Waals surface area (Å²) in [6.45, 7) is 0. The third-order valence-electron chi connectivity index (χ3n) is 11.0. The van der Waals surface area contributed by atoms with Gasteiger partial charge in [0.1, 0.15) is 0 Å². The van der Waals surface area contributed by atoms with E-state index >= 15 is 0 Å². The lowest BCUT2D eigenvalue weighted by Gasteiger charge is -2.16. The van der Waals surface area contributed by atoms with Gasteiger partial charge in [0.25, 0.3) is 0 Å². The van der Waals surface area contributed by atoms with Gasteiger partial charge in [-0.3, -0.25) is 0 Å². The molecule has 4 nitrogen and oxygen atoms in total. The van der Waals surface area contributed by atoms with Gasteiger partial charge in [-0.25, -0.2) is 15.0 Å². The van der Waals surface area contributed by atoms with Gasteiger partial charge in [-0.2, -0.15) is 0 Å². The highest BCUT2D eigenvalue weighted by molar-refractivity contribution is 6.15. The largest absolute Gasteiger partial charge is 0.309 e. The smallest absolute Gasteiger partial charge is 0.164 e. The summed E-state index contributed by atoms with van der Waals surface area (Å²) in [5, 5.41) is 7.08. The highest BCUT2D eigenvalue weighted by Crippen LogP contribution is 2.40. The Morgan fingerprint density at radius 1 is 0.281 bits per heavy atom. The van der Waals surface area contributed by atoms with E-state index in [1.54, 1.807) is 0 Å². The lowest BCUT2D eigenvalue weighted by Crippen LogP contribution is -2.02. The Morgan fingerprint density at radius 2 is 0.789 bits per heavy atom. The van der Waals surface area contributed by atoms with E-state index in [4.69, 9.17) is 15.0 Å². The average molecular weight is 727 g/mol. The van der Waals surface area contributed by atoms with Gasteiger partial charge >= 0.3 is 0 Å². The van der Waals surface area contributed by atoms with Crippen LogP contribution in [0.1, 0.15) is 0 Å². The van der Waals surface area contributed by atoms with Crippen LogP contribution in [0.2, 0.25) is 0 Å². The fourth-order valence-corrected chi connectivity index (χ4v) is 8.23. The van der Waals surface area contributed by atoms with Crippen LogP contribution in [-0.4, -0.2) is 19.5 Å². The highest BCUT2D eigenvalue weighted by Gasteiger charge is 2.20. The molecule has 0 spiro atoms. The van der Waals surface area contributed by atoms with Crippen LogP contribution in [-0.2, 0) is 0 Å². The lowest BCUT2D eigenvalue weighted by molar-refractivity contribution is 1.08. The van der Waals surface area contributed by atoms with Crippen LogP contribution in [0.5, 0.6) is 0 Å². The third kappa shape index (κ3) is 5.74. The van der Waals surface area contributed by atoms with Crippen LogP contribution in [0.25, 0.3) is 105 Å². The first-order valence-electron chi connectivity index (χ1n) is 19.3. The van der Waals surface area contributed by atoms with E-state index in [0.717, 1.165) is 55.4 Å². The topological polar surface area (TPSA) is 43.6 Å². The molecule has 0 saturated carbocycles. The molecule has 0 N–H and O–H groups in total. The molecule has 11 aromatic rings. The second kappa shape index (κ2) is 13.6. The predicted molar refractivity (Wildman–Crippen MR) is 236 cm³/mol. The van der Waals surface area contributed by atoms with Gasteiger partial charge in [-0.05, 0) is 74.8 Å². The summed E-state index contributed by atoms with van der Waals surface area (Å²) in [5.74, 6) is 1.89. The third-order valence-corrected chi connectivity index (χ3v) is 11.0. The Kier molecular flexibility index (Phi) is 7.78. The number of rotatable bonds is 6. The molecule has 0 radical (unpaired) electrons. The van der Waals surface area contributed by atoms with Crippen LogP contribution >= 0.6 is 0 Å². The fourth-order valence-electron chi connectivity index (χ4n) is 8.23. The molecule has 0 unspecified atom stereocenters. The van der Waals surface area contributed by atoms with Crippen molar-refractivity contribution in [1.82, 2.24) is 19.5 Å². The summed E-state index contributed by atoms with van der Waals surface area (Å²) >= 11 is 0. The zero-order valence-electron chi connectivity index (χ0n) is 30.9. The zero-order valence-corrected chi connectivity index (χ0v) is 30.9. The Morgan fingerprint density at radius 3 is 1.49 bits per heavy atom. The first kappa shape index (κ1) is 32.7. The zero-order chi connectivity index (χ0) is 37.7. The molecule has 0 aliphatic carbocycles. The SMILES string of the molecule is c1ccc(-c2ccc(-c3nc(-c4ccccc4)nc(-c4ccc(-n5c6ccccc6c6cc7ccccc7cc65)c5ccc(-c6ccccc6)cc45)n3)cc2)cc1. The Labute approximate surface area is 330 Å². The van der Waals surface area contributed by atoms with Crippen LogP contribution in [0.4, 0.5) is 0 Å². The minimum Gasteiger partial charge on any atom is -0.309 e. The molecule has 0 atom stereocenters. The van der Waals surface area contributed by atoms with E-state index in [-0.39, 0.29) is 0 Å². The molecule has 9 aromatic carbocycles. The molecule has 0 amide bonds. The van der Waals surface area contributed by atoms with Crippen LogP contribution in [0.3, 0.4) is 0 Å². The highest BCUT2D eigenvalue weighted by atomic mass is 15.0. The van der Waals surface area contributed by atoms with E-state index in [0.29, 0.717) is 17.5 Å². The second-order valence-electron chi connectivity index (χ2n) is 14.4. The van der Waals surface area contributed by atoms with E-state index in [2.05, 4.69) is 187 Å². The van der Waals surface area contributed by atoms with Gasteiger partial charge in [0, 0.05) is 32.8 Å². The minimum absolute atomic E-state index is 0.626. The molecule has 0 aliphatic rings. The number of aromatic nitrogens is 4. The molecule has 57 heavy (non-hydrogen) atoms. The molecule has 266 valence electrons. The van der Waals surface area contributed by atoms with E-state index < -0.39 is 0 Å². The molecule has 4 heteroatoms. The number of benzene rings is 9. The van der Waals surface area contributed by atoms with Crippen molar-refractivity contribution in [3.8, 4) is 62.1 Å². The quantitative estimate of drug-likeness (QED) is 0.171. The number of hydrogen-bond donors (Lipinski definition) is 0. The van der Waals surface area contributed by atoms with Crippen molar-refractivity contribution in [3.63, 3.8) is 0 Å². The van der Waals surface area contributed by atoms with Crippen molar-refractivity contribution in [2.45, 2.75) is 0 Å². The molecular weight excluding hydrogens is 693 g/mol. The summed E-state index contributed by atoms with van der Waals surface area (Å²) in [5.41, 5.74) is 10.8. The number of nitrogens with zero attached hydrogens (tertiary/aromatic N) is 4. The molecule has 2 aromatic heterocycles. The first-order chi connectivity index (χ1) is 28.2. The minimum atomic E-state index is 0.626. The van der Waals surface area contributed by atoms with Crippen LogP contribution in [0, 0.1) is 0 Å². The lowest BCUT2D eigenvalue weighted by atomic mass is 9.96. The van der Waals surface area contributed by atoms with Crippen molar-refractivity contribution < 1.29 is 0 Å². The standard InChI is InChI=1S/C53H34N4/c1-4-14-35(15-5-1)37-24-26-39(27-25-37)52-54-51(38-18-8-3-9-19-38)55-53(56-52)45-30-31-49(44-29-28-42(32-46(44)45)36-16-6-2-7-17-36)57-48-23-13-12-22-43(48)47-33-40-20-10-11-21-41(40)34-50(47)57/h1-34H. The van der Waals surface area contributed by atoms with Crippen molar-refractivity contribution in [2.75, 3.05) is 0 Å². The Hall–Kier alpha value is -7.69. The molecule has 0 bridgehead atoms. The van der Waals surface area contributed by atoms with Crippen molar-refractivity contribution in [3.05, 3.63) is 206 Å². The fraction of sp³-hybridized carbons (Fsp3) is 0. The molecule has 0 fully saturated rings. The Bertz CT molecular complexity index is 3260. The van der Waals surface area contributed by atoms with Gasteiger partial charge < -0.3 is 4.57 Å². The van der Waals surface area contributed by atoms with Crippen molar-refractivity contribution in [2.24, 2.45) is 0 Å². The average Bonchev–Trinajstić information content (AvgIpc) is 3.61. The van der Waals surface area contributed by atoms with Gasteiger partial charge in [-0.1, -0.05) is 170 Å². The number of fused-ring (bicyclic) bond motifs is 5. The van der Waals surface area contributed by atoms with Gasteiger partial charge in [0.15, 0.2) is 17.5 Å². The Balaban J connectivity index is 1.16. The maximum Gasteiger partial charge on any atom is 0.164 e. The monoisotopic (exact) mass is 726 g/mol. The van der Waals surface area contributed by atoms with Gasteiger partial charge in [0.2, 0.25) is 0 Å². The van der Waals surface area contributed by atoms with Gasteiger partial charge in [-0.15, -0.1) is 0 Å². The molecule has 0 saturated heterocycles. The number of para-hydroxylation sites is 1. The van der Waals surface area contributed by atoms with E-state index in [1.165, 1.54) is 32.6 Å². The van der Waals surface area contributed by atoms with Crippen molar-refractivity contribution >= 4 is 43.4 Å². The van der Waals surface area contributed by atoms with Crippen LogP contribution in [0.15, 0.2) is 206 Å². The van der Waals surface area contributed by atoms with Gasteiger partial charge in [0.05, 0.1) is 16.7 Å². The number of hydrogen-bond acceptors (Lipinski definition) is 3. The normalized spacial score (nSPS) is 11.5. The second-order valence-corrected chi connectivity index (χ2v) is 14.4. The summed E-state index contributed by atoms with van der Waals surface area (Å²) in [7, 11) is 0. The van der Waals surface area contributed by atoms with Crippen molar-refractivity contribution in [1.29, 1.82) is 0 Å². The summed E-state index contributed by atoms with van der Waals surface area (Å²) < 4.78 is 2.42. The summed E-state index contributed by atoms with van der Waals surface area (Å²) in [4.78, 5) is 15.5. The molecule has 11 rings (SSSR count). The van der Waals surface area contributed by atoms with E-state index in [9.17, 15) is 0 Å². The first-order valence-corrected chi connectivity index (χ1v) is 19.3. The predicted octanol–water partition coefficient (Wildman–Crippen LogP) is 13.6.